The van der Waals surface area contributed by atoms with Crippen LogP contribution in [0.25, 0.3) is 10.9 Å². The number of carbonyl (C=O) groups excluding carboxylic acids is 1. The van der Waals surface area contributed by atoms with E-state index in [1.54, 1.807) is 0 Å². The Labute approximate surface area is 173 Å². The van der Waals surface area contributed by atoms with Crippen molar-refractivity contribution in [2.45, 2.75) is 45.2 Å². The standard InChI is InChI=1S/C25H31N3O/c1-2-3-15-27-16-13-22(14-17-27)28(19-20-9-5-4-6-10-20)25(29)24-18-21-11-7-8-12-23(21)26-24/h4-12,18,22,26H,2-3,13-17,19H2,1H3. The largest absolute Gasteiger partial charge is 0.351 e. The molecule has 29 heavy (non-hydrogen) atoms. The Morgan fingerprint density at radius 1 is 1.07 bits per heavy atom. The van der Waals surface area contributed by atoms with E-state index in [1.165, 1.54) is 24.9 Å². The molecule has 0 saturated carbocycles. The minimum atomic E-state index is 0.108. The van der Waals surface area contributed by atoms with Gasteiger partial charge >= 0.3 is 0 Å². The van der Waals surface area contributed by atoms with Gasteiger partial charge in [0.15, 0.2) is 0 Å². The zero-order valence-corrected chi connectivity index (χ0v) is 17.3. The Kier molecular flexibility index (Phi) is 6.30. The highest BCUT2D eigenvalue weighted by Crippen LogP contribution is 2.23. The van der Waals surface area contributed by atoms with Crippen molar-refractivity contribution >= 4 is 16.8 Å². The van der Waals surface area contributed by atoms with Crippen molar-refractivity contribution in [2.24, 2.45) is 0 Å². The fourth-order valence-electron chi connectivity index (χ4n) is 4.33. The third kappa shape index (κ3) is 4.70. The number of benzene rings is 2. The Bertz CT molecular complexity index is 892. The Morgan fingerprint density at radius 2 is 1.79 bits per heavy atom. The first-order chi connectivity index (χ1) is 14.2. The molecule has 2 aromatic carbocycles. The van der Waals surface area contributed by atoms with Gasteiger partial charge < -0.3 is 14.8 Å². The van der Waals surface area contributed by atoms with Crippen molar-refractivity contribution in [1.82, 2.24) is 14.8 Å². The summed E-state index contributed by atoms with van der Waals surface area (Å²) in [5, 5.41) is 1.09. The van der Waals surface area contributed by atoms with Crippen LogP contribution in [0.4, 0.5) is 0 Å². The van der Waals surface area contributed by atoms with Gasteiger partial charge in [0, 0.05) is 36.6 Å². The molecule has 1 N–H and O–H groups in total. The smallest absolute Gasteiger partial charge is 0.270 e. The van der Waals surface area contributed by atoms with Crippen LogP contribution in [-0.4, -0.2) is 46.4 Å². The number of nitrogens with one attached hydrogen (secondary N) is 1. The van der Waals surface area contributed by atoms with Gasteiger partial charge in [-0.2, -0.15) is 0 Å². The molecule has 152 valence electrons. The first kappa shape index (κ1) is 19.7. The summed E-state index contributed by atoms with van der Waals surface area (Å²) in [5.74, 6) is 0.108. The number of carbonyl (C=O) groups is 1. The third-order valence-corrected chi connectivity index (χ3v) is 6.04. The number of para-hydroxylation sites is 1. The molecule has 0 unspecified atom stereocenters. The van der Waals surface area contributed by atoms with Crippen molar-refractivity contribution in [2.75, 3.05) is 19.6 Å². The van der Waals surface area contributed by atoms with Crippen LogP contribution in [0.3, 0.4) is 0 Å². The van der Waals surface area contributed by atoms with E-state index in [2.05, 4.69) is 39.9 Å². The van der Waals surface area contributed by atoms with Crippen LogP contribution in [0.15, 0.2) is 60.7 Å². The second-order valence-corrected chi connectivity index (χ2v) is 8.12. The molecule has 0 aliphatic carbocycles. The Hall–Kier alpha value is -2.59. The van der Waals surface area contributed by atoms with Crippen LogP contribution >= 0.6 is 0 Å². The average molecular weight is 390 g/mol. The number of aromatic amines is 1. The molecule has 0 bridgehead atoms. The fourth-order valence-corrected chi connectivity index (χ4v) is 4.33. The number of piperidine rings is 1. The summed E-state index contributed by atoms with van der Waals surface area (Å²) in [7, 11) is 0. The molecule has 1 fully saturated rings. The highest BCUT2D eigenvalue weighted by atomic mass is 16.2. The van der Waals surface area contributed by atoms with Crippen LogP contribution < -0.4 is 0 Å². The quantitative estimate of drug-likeness (QED) is 0.612. The Balaban J connectivity index is 1.54. The molecular formula is C25H31N3O. The number of nitrogens with zero attached hydrogens (tertiary/aromatic N) is 2. The predicted molar refractivity (Wildman–Crippen MR) is 119 cm³/mol. The summed E-state index contributed by atoms with van der Waals surface area (Å²) < 4.78 is 0. The van der Waals surface area contributed by atoms with Crippen LogP contribution in [0.2, 0.25) is 0 Å². The summed E-state index contributed by atoms with van der Waals surface area (Å²) >= 11 is 0. The first-order valence-corrected chi connectivity index (χ1v) is 10.9. The van der Waals surface area contributed by atoms with E-state index in [-0.39, 0.29) is 11.9 Å². The van der Waals surface area contributed by atoms with Crippen molar-refractivity contribution in [1.29, 1.82) is 0 Å². The maximum atomic E-state index is 13.6. The lowest BCUT2D eigenvalue weighted by molar-refractivity contribution is 0.0544. The summed E-state index contributed by atoms with van der Waals surface area (Å²) in [6.07, 6.45) is 4.58. The maximum absolute atomic E-state index is 13.6. The molecule has 4 heteroatoms. The second-order valence-electron chi connectivity index (χ2n) is 8.12. The van der Waals surface area contributed by atoms with E-state index in [1.807, 2.05) is 42.5 Å². The predicted octanol–water partition coefficient (Wildman–Crippen LogP) is 5.07. The van der Waals surface area contributed by atoms with Gasteiger partial charge in [0.1, 0.15) is 5.69 Å². The number of fused-ring (bicyclic) bond motifs is 1. The van der Waals surface area contributed by atoms with Crippen LogP contribution in [0.5, 0.6) is 0 Å². The number of amides is 1. The van der Waals surface area contributed by atoms with Gasteiger partial charge in [0.2, 0.25) is 0 Å². The van der Waals surface area contributed by atoms with E-state index >= 15 is 0 Å². The molecule has 0 atom stereocenters. The van der Waals surface area contributed by atoms with Gasteiger partial charge in [-0.25, -0.2) is 0 Å². The molecule has 3 aromatic rings. The molecule has 1 aromatic heterocycles. The number of rotatable bonds is 7. The van der Waals surface area contributed by atoms with E-state index in [4.69, 9.17) is 0 Å². The summed E-state index contributed by atoms with van der Waals surface area (Å²) in [6, 6.07) is 20.7. The van der Waals surface area contributed by atoms with Gasteiger partial charge in [-0.1, -0.05) is 61.9 Å². The number of unbranched alkanes of at least 4 members (excludes halogenated alkanes) is 1. The van der Waals surface area contributed by atoms with Gasteiger partial charge in [-0.3, -0.25) is 4.79 Å². The highest BCUT2D eigenvalue weighted by molar-refractivity contribution is 5.98. The molecule has 1 aliphatic heterocycles. The molecule has 0 radical (unpaired) electrons. The van der Waals surface area contributed by atoms with E-state index in [0.717, 1.165) is 36.8 Å². The first-order valence-electron chi connectivity index (χ1n) is 10.9. The fraction of sp³-hybridized carbons (Fsp3) is 0.400. The lowest BCUT2D eigenvalue weighted by atomic mass is 10.0. The zero-order chi connectivity index (χ0) is 20.1. The van der Waals surface area contributed by atoms with E-state index in [9.17, 15) is 4.79 Å². The number of aromatic nitrogens is 1. The van der Waals surface area contributed by atoms with Crippen molar-refractivity contribution in [3.63, 3.8) is 0 Å². The zero-order valence-electron chi connectivity index (χ0n) is 17.3. The van der Waals surface area contributed by atoms with Gasteiger partial charge in [-0.05, 0) is 43.5 Å². The third-order valence-electron chi connectivity index (χ3n) is 6.04. The number of hydrogen-bond donors (Lipinski definition) is 1. The number of hydrogen-bond acceptors (Lipinski definition) is 2. The molecule has 4 nitrogen and oxygen atoms in total. The lowest BCUT2D eigenvalue weighted by Gasteiger charge is -2.38. The van der Waals surface area contributed by atoms with Gasteiger partial charge in [0.25, 0.3) is 5.91 Å². The van der Waals surface area contributed by atoms with Crippen molar-refractivity contribution < 1.29 is 4.79 Å². The van der Waals surface area contributed by atoms with Crippen molar-refractivity contribution in [3.05, 3.63) is 71.9 Å². The van der Waals surface area contributed by atoms with E-state index < -0.39 is 0 Å². The summed E-state index contributed by atoms with van der Waals surface area (Å²) in [5.41, 5.74) is 2.89. The van der Waals surface area contributed by atoms with E-state index in [0.29, 0.717) is 12.2 Å². The maximum Gasteiger partial charge on any atom is 0.270 e. The van der Waals surface area contributed by atoms with Crippen molar-refractivity contribution in [3.8, 4) is 0 Å². The molecular weight excluding hydrogens is 358 g/mol. The van der Waals surface area contributed by atoms with Crippen LogP contribution in [-0.2, 0) is 6.54 Å². The molecule has 4 rings (SSSR count). The monoisotopic (exact) mass is 389 g/mol. The molecule has 2 heterocycles. The second kappa shape index (κ2) is 9.27. The molecule has 1 saturated heterocycles. The minimum Gasteiger partial charge on any atom is -0.351 e. The number of likely N-dealkylation sites (tertiary alicyclic amines) is 1. The topological polar surface area (TPSA) is 39.3 Å². The molecule has 0 spiro atoms. The average Bonchev–Trinajstić information content (AvgIpc) is 3.21. The van der Waals surface area contributed by atoms with Gasteiger partial charge in [0.05, 0.1) is 0 Å². The summed E-state index contributed by atoms with van der Waals surface area (Å²) in [4.78, 5) is 21.5. The highest BCUT2D eigenvalue weighted by Gasteiger charge is 2.29. The SMILES string of the molecule is CCCCN1CCC(N(Cc2ccccc2)C(=O)c2cc3ccccc3[nH]2)CC1. The molecule has 1 aliphatic rings. The minimum absolute atomic E-state index is 0.108. The van der Waals surface area contributed by atoms with Crippen LogP contribution in [0, 0.1) is 0 Å². The lowest BCUT2D eigenvalue weighted by Crippen LogP contribution is -2.47. The Morgan fingerprint density at radius 3 is 2.52 bits per heavy atom. The van der Waals surface area contributed by atoms with Gasteiger partial charge in [-0.15, -0.1) is 0 Å². The molecule has 1 amide bonds. The van der Waals surface area contributed by atoms with Crippen LogP contribution in [0.1, 0.15) is 48.7 Å². The normalized spacial score (nSPS) is 15.6. The number of H-pyrrole nitrogens is 1. The summed E-state index contributed by atoms with van der Waals surface area (Å²) in [6.45, 7) is 6.24.